The molecule has 0 amide bonds. The van der Waals surface area contributed by atoms with Gasteiger partial charge < -0.3 is 10.3 Å². The van der Waals surface area contributed by atoms with Crippen molar-refractivity contribution in [2.75, 3.05) is 5.73 Å². The summed E-state index contributed by atoms with van der Waals surface area (Å²) in [6.07, 6.45) is 0.644. The standard InChI is InChI=1S/C13H10ClN3OS/c14-9-4-1-5-10(15)12(9)13-16-11(17-18-13)7-8-3-2-6-19-8/h1-6H,7,15H2. The molecule has 4 nitrogen and oxygen atoms in total. The third kappa shape index (κ3) is 2.47. The topological polar surface area (TPSA) is 64.9 Å². The second-order valence-electron chi connectivity index (χ2n) is 3.98. The second-order valence-corrected chi connectivity index (χ2v) is 5.42. The number of rotatable bonds is 3. The van der Waals surface area contributed by atoms with Gasteiger partial charge in [0, 0.05) is 17.0 Å². The van der Waals surface area contributed by atoms with Gasteiger partial charge in [0.2, 0.25) is 0 Å². The number of hydrogen-bond acceptors (Lipinski definition) is 5. The van der Waals surface area contributed by atoms with Gasteiger partial charge in [0.05, 0.1) is 10.6 Å². The first-order valence-corrected chi connectivity index (χ1v) is 6.89. The fourth-order valence-corrected chi connectivity index (χ4v) is 2.73. The Kier molecular flexibility index (Phi) is 3.23. The molecule has 3 aromatic rings. The lowest BCUT2D eigenvalue weighted by Crippen LogP contribution is -1.92. The van der Waals surface area contributed by atoms with E-state index in [0.29, 0.717) is 34.4 Å². The van der Waals surface area contributed by atoms with Gasteiger partial charge >= 0.3 is 0 Å². The molecule has 2 heterocycles. The van der Waals surface area contributed by atoms with Crippen LogP contribution in [0.2, 0.25) is 5.02 Å². The molecule has 0 fully saturated rings. The van der Waals surface area contributed by atoms with Crippen molar-refractivity contribution in [3.63, 3.8) is 0 Å². The lowest BCUT2D eigenvalue weighted by atomic mass is 10.2. The number of thiophene rings is 1. The number of nitrogen functional groups attached to an aromatic ring is 1. The van der Waals surface area contributed by atoms with E-state index < -0.39 is 0 Å². The predicted octanol–water partition coefficient (Wildman–Crippen LogP) is 3.62. The van der Waals surface area contributed by atoms with Crippen LogP contribution < -0.4 is 5.73 Å². The lowest BCUT2D eigenvalue weighted by molar-refractivity contribution is 0.424. The summed E-state index contributed by atoms with van der Waals surface area (Å²) in [7, 11) is 0. The Hall–Kier alpha value is -1.85. The summed E-state index contributed by atoms with van der Waals surface area (Å²) in [5, 5.41) is 6.48. The highest BCUT2D eigenvalue weighted by Crippen LogP contribution is 2.32. The van der Waals surface area contributed by atoms with Gasteiger partial charge in [0.15, 0.2) is 5.82 Å². The number of nitrogens with two attached hydrogens (primary N) is 1. The van der Waals surface area contributed by atoms with Crippen molar-refractivity contribution in [2.45, 2.75) is 6.42 Å². The van der Waals surface area contributed by atoms with Crippen LogP contribution in [0, 0.1) is 0 Å². The maximum absolute atomic E-state index is 6.11. The molecule has 0 aliphatic carbocycles. The Morgan fingerprint density at radius 2 is 2.16 bits per heavy atom. The minimum atomic E-state index is 0.356. The Bertz CT molecular complexity index is 673. The van der Waals surface area contributed by atoms with E-state index in [2.05, 4.69) is 10.1 Å². The third-order valence-corrected chi connectivity index (χ3v) is 3.83. The molecule has 96 valence electrons. The average Bonchev–Trinajstić information content (AvgIpc) is 3.02. The SMILES string of the molecule is Nc1cccc(Cl)c1-c1nc(Cc2cccs2)no1. The van der Waals surface area contributed by atoms with Crippen LogP contribution in [0.15, 0.2) is 40.2 Å². The Balaban J connectivity index is 1.93. The smallest absolute Gasteiger partial charge is 0.261 e. The molecule has 0 radical (unpaired) electrons. The monoisotopic (exact) mass is 291 g/mol. The Morgan fingerprint density at radius 3 is 2.89 bits per heavy atom. The first-order valence-electron chi connectivity index (χ1n) is 5.63. The number of hydrogen-bond donors (Lipinski definition) is 1. The molecule has 0 spiro atoms. The van der Waals surface area contributed by atoms with E-state index in [1.54, 1.807) is 29.5 Å². The second kappa shape index (κ2) is 5.03. The van der Waals surface area contributed by atoms with Gasteiger partial charge in [0.1, 0.15) is 0 Å². The summed E-state index contributed by atoms with van der Waals surface area (Å²) >= 11 is 7.77. The van der Waals surface area contributed by atoms with E-state index >= 15 is 0 Å². The van der Waals surface area contributed by atoms with Gasteiger partial charge in [-0.3, -0.25) is 0 Å². The van der Waals surface area contributed by atoms with Crippen molar-refractivity contribution < 1.29 is 4.52 Å². The molecule has 0 aliphatic rings. The zero-order valence-corrected chi connectivity index (χ0v) is 11.4. The summed E-state index contributed by atoms with van der Waals surface area (Å²) in [6.45, 7) is 0. The zero-order chi connectivity index (χ0) is 13.2. The number of benzene rings is 1. The molecule has 0 aliphatic heterocycles. The van der Waals surface area contributed by atoms with E-state index in [1.807, 2.05) is 17.5 Å². The summed E-state index contributed by atoms with van der Waals surface area (Å²) in [5.41, 5.74) is 7.01. The van der Waals surface area contributed by atoms with Gasteiger partial charge in [0.25, 0.3) is 5.89 Å². The first kappa shape index (κ1) is 12.2. The third-order valence-electron chi connectivity index (χ3n) is 2.64. The van der Waals surface area contributed by atoms with Crippen molar-refractivity contribution in [3.8, 4) is 11.5 Å². The minimum Gasteiger partial charge on any atom is -0.398 e. The van der Waals surface area contributed by atoms with Crippen LogP contribution in [-0.2, 0) is 6.42 Å². The Labute approximate surface area is 118 Å². The molecular formula is C13H10ClN3OS. The molecule has 0 saturated carbocycles. The minimum absolute atomic E-state index is 0.356. The van der Waals surface area contributed by atoms with E-state index in [1.165, 1.54) is 4.88 Å². The molecular weight excluding hydrogens is 282 g/mol. The van der Waals surface area contributed by atoms with Gasteiger partial charge in [-0.2, -0.15) is 4.98 Å². The highest BCUT2D eigenvalue weighted by Gasteiger charge is 2.15. The molecule has 2 aromatic heterocycles. The molecule has 0 unspecified atom stereocenters. The Morgan fingerprint density at radius 1 is 1.26 bits per heavy atom. The van der Waals surface area contributed by atoms with Crippen molar-refractivity contribution in [2.24, 2.45) is 0 Å². The first-order chi connectivity index (χ1) is 9.24. The van der Waals surface area contributed by atoms with Crippen molar-refractivity contribution >= 4 is 28.6 Å². The fraction of sp³-hybridized carbons (Fsp3) is 0.0769. The van der Waals surface area contributed by atoms with Gasteiger partial charge in [-0.15, -0.1) is 11.3 Å². The largest absolute Gasteiger partial charge is 0.398 e. The summed E-state index contributed by atoms with van der Waals surface area (Å²) in [4.78, 5) is 5.52. The van der Waals surface area contributed by atoms with Crippen LogP contribution in [0.1, 0.15) is 10.7 Å². The number of halogens is 1. The van der Waals surface area contributed by atoms with Crippen LogP contribution in [0.3, 0.4) is 0 Å². The normalized spacial score (nSPS) is 10.8. The predicted molar refractivity (Wildman–Crippen MR) is 76.3 cm³/mol. The number of anilines is 1. The number of aromatic nitrogens is 2. The lowest BCUT2D eigenvalue weighted by Gasteiger charge is -2.01. The molecule has 3 rings (SSSR count). The van der Waals surface area contributed by atoms with E-state index in [-0.39, 0.29) is 0 Å². The molecule has 19 heavy (non-hydrogen) atoms. The van der Waals surface area contributed by atoms with Crippen LogP contribution in [0.5, 0.6) is 0 Å². The highest BCUT2D eigenvalue weighted by atomic mass is 35.5. The van der Waals surface area contributed by atoms with Crippen LogP contribution in [0.25, 0.3) is 11.5 Å². The van der Waals surface area contributed by atoms with Gasteiger partial charge in [-0.05, 0) is 23.6 Å². The number of nitrogens with zero attached hydrogens (tertiary/aromatic N) is 2. The fourth-order valence-electron chi connectivity index (χ4n) is 1.76. The molecule has 6 heteroatoms. The molecule has 0 bridgehead atoms. The zero-order valence-electron chi connectivity index (χ0n) is 9.84. The van der Waals surface area contributed by atoms with E-state index in [9.17, 15) is 0 Å². The van der Waals surface area contributed by atoms with Crippen molar-refractivity contribution in [1.82, 2.24) is 10.1 Å². The van der Waals surface area contributed by atoms with Crippen LogP contribution >= 0.6 is 22.9 Å². The van der Waals surface area contributed by atoms with Crippen molar-refractivity contribution in [3.05, 3.63) is 51.4 Å². The summed E-state index contributed by atoms with van der Waals surface area (Å²) < 4.78 is 5.24. The summed E-state index contributed by atoms with van der Waals surface area (Å²) in [6, 6.07) is 9.31. The average molecular weight is 292 g/mol. The van der Waals surface area contributed by atoms with Crippen LogP contribution in [0.4, 0.5) is 5.69 Å². The van der Waals surface area contributed by atoms with E-state index in [0.717, 1.165) is 0 Å². The molecule has 2 N–H and O–H groups in total. The van der Waals surface area contributed by atoms with E-state index in [4.69, 9.17) is 21.9 Å². The van der Waals surface area contributed by atoms with Gasteiger partial charge in [-0.1, -0.05) is 28.9 Å². The highest BCUT2D eigenvalue weighted by molar-refractivity contribution is 7.09. The summed E-state index contributed by atoms with van der Waals surface area (Å²) in [5.74, 6) is 0.978. The quantitative estimate of drug-likeness (QED) is 0.749. The molecule has 0 atom stereocenters. The van der Waals surface area contributed by atoms with Crippen molar-refractivity contribution in [1.29, 1.82) is 0 Å². The van der Waals surface area contributed by atoms with Gasteiger partial charge in [-0.25, -0.2) is 0 Å². The maximum atomic E-state index is 6.11. The molecule has 1 aromatic carbocycles. The van der Waals surface area contributed by atoms with Crippen LogP contribution in [-0.4, -0.2) is 10.1 Å². The maximum Gasteiger partial charge on any atom is 0.261 e. The molecule has 0 saturated heterocycles.